The van der Waals surface area contributed by atoms with Gasteiger partial charge in [-0.15, -0.1) is 0 Å². The van der Waals surface area contributed by atoms with Gasteiger partial charge in [-0.3, -0.25) is 4.79 Å². The Morgan fingerprint density at radius 3 is 2.14 bits per heavy atom. The van der Waals surface area contributed by atoms with Crippen LogP contribution in [0.3, 0.4) is 0 Å². The molecule has 0 atom stereocenters. The molecule has 2 N–H and O–H groups in total. The van der Waals surface area contributed by atoms with Crippen molar-refractivity contribution in [3.05, 3.63) is 42.0 Å². The van der Waals surface area contributed by atoms with Gasteiger partial charge in [-0.25, -0.2) is 0 Å². The molecule has 0 aliphatic rings. The fraction of sp³-hybridized carbons (Fsp3) is 0.654. The Morgan fingerprint density at radius 2 is 1.48 bits per heavy atom. The zero-order valence-electron chi connectivity index (χ0n) is 19.1. The molecule has 0 aromatic heterocycles. The summed E-state index contributed by atoms with van der Waals surface area (Å²) in [4.78, 5) is 11.9. The van der Waals surface area contributed by atoms with Crippen LogP contribution in [0.25, 0.3) is 6.08 Å². The normalized spacial score (nSPS) is 11.8. The summed E-state index contributed by atoms with van der Waals surface area (Å²) in [6.45, 7) is 8.50. The standard InChI is InChI=1S/C26H44N2O/c1-4-5-6-7-8-9-10-11-15-21-26(2,3)28-23-16-22-27-25(29)20-19-24-17-13-12-14-18-24/h12-14,17-20,28H,4-11,15-16,21-23H2,1-3H3,(H,27,29). The maximum atomic E-state index is 11.9. The van der Waals surface area contributed by atoms with E-state index in [9.17, 15) is 4.79 Å². The van der Waals surface area contributed by atoms with Gasteiger partial charge in [0, 0.05) is 18.2 Å². The number of hydrogen-bond donors (Lipinski definition) is 2. The molecule has 29 heavy (non-hydrogen) atoms. The molecule has 0 saturated heterocycles. The van der Waals surface area contributed by atoms with E-state index in [1.165, 1.54) is 64.2 Å². The topological polar surface area (TPSA) is 41.1 Å². The van der Waals surface area contributed by atoms with Gasteiger partial charge >= 0.3 is 0 Å². The molecule has 0 unspecified atom stereocenters. The molecule has 0 spiro atoms. The number of carbonyl (C=O) groups is 1. The fourth-order valence-corrected chi connectivity index (χ4v) is 3.49. The third kappa shape index (κ3) is 15.0. The molecule has 0 bridgehead atoms. The van der Waals surface area contributed by atoms with Crippen molar-refractivity contribution in [1.82, 2.24) is 10.6 Å². The van der Waals surface area contributed by atoms with Crippen LogP contribution in [-0.4, -0.2) is 24.5 Å². The number of nitrogens with one attached hydrogen (secondary N) is 2. The summed E-state index contributed by atoms with van der Waals surface area (Å²) in [5, 5.41) is 6.60. The van der Waals surface area contributed by atoms with Gasteiger partial charge in [0.2, 0.25) is 5.91 Å². The fourth-order valence-electron chi connectivity index (χ4n) is 3.49. The zero-order valence-corrected chi connectivity index (χ0v) is 19.1. The Hall–Kier alpha value is -1.61. The second kappa shape index (κ2) is 16.2. The minimum Gasteiger partial charge on any atom is -0.353 e. The molecule has 164 valence electrons. The molecule has 0 fully saturated rings. The van der Waals surface area contributed by atoms with Crippen LogP contribution in [-0.2, 0) is 4.79 Å². The van der Waals surface area contributed by atoms with E-state index in [2.05, 4.69) is 31.4 Å². The predicted molar refractivity (Wildman–Crippen MR) is 127 cm³/mol. The van der Waals surface area contributed by atoms with E-state index >= 15 is 0 Å². The third-order valence-electron chi connectivity index (χ3n) is 5.39. The van der Waals surface area contributed by atoms with E-state index in [4.69, 9.17) is 0 Å². The third-order valence-corrected chi connectivity index (χ3v) is 5.39. The molecule has 1 aromatic carbocycles. The molecular formula is C26H44N2O. The number of benzene rings is 1. The van der Waals surface area contributed by atoms with Crippen LogP contribution < -0.4 is 10.6 Å². The maximum absolute atomic E-state index is 11.9. The van der Waals surface area contributed by atoms with Gasteiger partial charge in [0.1, 0.15) is 0 Å². The van der Waals surface area contributed by atoms with Gasteiger partial charge in [0.15, 0.2) is 0 Å². The van der Waals surface area contributed by atoms with Crippen LogP contribution in [0.5, 0.6) is 0 Å². The second-order valence-corrected chi connectivity index (χ2v) is 8.78. The van der Waals surface area contributed by atoms with Crippen LogP contribution in [0, 0.1) is 0 Å². The summed E-state index contributed by atoms with van der Waals surface area (Å²) < 4.78 is 0. The molecule has 0 radical (unpaired) electrons. The molecule has 1 amide bonds. The number of hydrogen-bond acceptors (Lipinski definition) is 2. The second-order valence-electron chi connectivity index (χ2n) is 8.78. The van der Waals surface area contributed by atoms with Gasteiger partial charge in [0.25, 0.3) is 0 Å². The highest BCUT2D eigenvalue weighted by molar-refractivity contribution is 5.91. The lowest BCUT2D eigenvalue weighted by Crippen LogP contribution is -2.40. The minimum absolute atomic E-state index is 0.0252. The van der Waals surface area contributed by atoms with Crippen molar-refractivity contribution in [2.45, 2.75) is 96.9 Å². The molecule has 0 heterocycles. The quantitative estimate of drug-likeness (QED) is 0.232. The molecule has 3 nitrogen and oxygen atoms in total. The molecule has 0 aliphatic heterocycles. The lowest BCUT2D eigenvalue weighted by atomic mass is 9.95. The van der Waals surface area contributed by atoms with Crippen LogP contribution >= 0.6 is 0 Å². The van der Waals surface area contributed by atoms with Crippen molar-refractivity contribution in [2.24, 2.45) is 0 Å². The SMILES string of the molecule is CCCCCCCCCCCC(C)(C)NCCCNC(=O)C=Cc1ccccc1. The first-order valence-electron chi connectivity index (χ1n) is 11.8. The minimum atomic E-state index is -0.0252. The van der Waals surface area contributed by atoms with Gasteiger partial charge in [-0.1, -0.05) is 95.0 Å². The summed E-state index contributed by atoms with van der Waals surface area (Å²) >= 11 is 0. The van der Waals surface area contributed by atoms with Crippen LogP contribution in [0.4, 0.5) is 0 Å². The Morgan fingerprint density at radius 1 is 0.862 bits per heavy atom. The number of unbranched alkanes of at least 4 members (excludes halogenated alkanes) is 8. The first-order valence-corrected chi connectivity index (χ1v) is 11.8. The molecular weight excluding hydrogens is 356 g/mol. The lowest BCUT2D eigenvalue weighted by molar-refractivity contribution is -0.116. The van der Waals surface area contributed by atoms with Crippen molar-refractivity contribution in [2.75, 3.05) is 13.1 Å². The smallest absolute Gasteiger partial charge is 0.243 e. The van der Waals surface area contributed by atoms with E-state index in [1.807, 2.05) is 36.4 Å². The summed E-state index contributed by atoms with van der Waals surface area (Å²) in [6, 6.07) is 9.90. The van der Waals surface area contributed by atoms with Crippen molar-refractivity contribution in [3.63, 3.8) is 0 Å². The summed E-state index contributed by atoms with van der Waals surface area (Å²) in [5.41, 5.74) is 1.22. The molecule has 1 aromatic rings. The van der Waals surface area contributed by atoms with Gasteiger partial charge in [-0.2, -0.15) is 0 Å². The summed E-state index contributed by atoms with van der Waals surface area (Å²) in [6.07, 6.45) is 18.0. The Labute approximate surface area is 179 Å². The Bertz CT molecular complexity index is 551. The summed E-state index contributed by atoms with van der Waals surface area (Å²) in [7, 11) is 0. The molecule has 1 rings (SSSR count). The van der Waals surface area contributed by atoms with E-state index in [1.54, 1.807) is 6.08 Å². The van der Waals surface area contributed by atoms with Gasteiger partial charge < -0.3 is 10.6 Å². The Balaban J connectivity index is 1.99. The van der Waals surface area contributed by atoms with Crippen molar-refractivity contribution >= 4 is 12.0 Å². The van der Waals surface area contributed by atoms with Crippen molar-refractivity contribution in [1.29, 1.82) is 0 Å². The van der Waals surface area contributed by atoms with E-state index < -0.39 is 0 Å². The number of amides is 1. The molecule has 3 heteroatoms. The van der Waals surface area contributed by atoms with E-state index in [-0.39, 0.29) is 11.4 Å². The lowest BCUT2D eigenvalue weighted by Gasteiger charge is -2.26. The number of carbonyl (C=O) groups excluding carboxylic acids is 1. The maximum Gasteiger partial charge on any atom is 0.243 e. The Kier molecular flexibility index (Phi) is 14.2. The van der Waals surface area contributed by atoms with Crippen molar-refractivity contribution in [3.8, 4) is 0 Å². The van der Waals surface area contributed by atoms with Gasteiger partial charge in [-0.05, 0) is 44.9 Å². The van der Waals surface area contributed by atoms with Crippen molar-refractivity contribution < 1.29 is 4.79 Å². The molecule has 0 saturated carbocycles. The average Bonchev–Trinajstić information content (AvgIpc) is 2.71. The monoisotopic (exact) mass is 400 g/mol. The molecule has 0 aliphatic carbocycles. The highest BCUT2D eigenvalue weighted by Crippen LogP contribution is 2.16. The average molecular weight is 401 g/mol. The summed E-state index contributed by atoms with van der Waals surface area (Å²) in [5.74, 6) is -0.0252. The largest absolute Gasteiger partial charge is 0.353 e. The van der Waals surface area contributed by atoms with Crippen LogP contribution in [0.1, 0.15) is 97.0 Å². The van der Waals surface area contributed by atoms with Gasteiger partial charge in [0.05, 0.1) is 0 Å². The highest BCUT2D eigenvalue weighted by atomic mass is 16.1. The highest BCUT2D eigenvalue weighted by Gasteiger charge is 2.15. The first-order chi connectivity index (χ1) is 14.0. The first kappa shape index (κ1) is 25.4. The van der Waals surface area contributed by atoms with Crippen LogP contribution in [0.2, 0.25) is 0 Å². The zero-order chi connectivity index (χ0) is 21.2. The predicted octanol–water partition coefficient (Wildman–Crippen LogP) is 6.50. The number of rotatable bonds is 17. The van der Waals surface area contributed by atoms with Crippen LogP contribution in [0.15, 0.2) is 36.4 Å². The van der Waals surface area contributed by atoms with E-state index in [0.717, 1.165) is 18.5 Å². The van der Waals surface area contributed by atoms with E-state index in [0.29, 0.717) is 6.54 Å².